The fraction of sp³-hybridized carbons (Fsp3) is 0. The molecule has 0 spiro atoms. The van der Waals surface area contributed by atoms with Gasteiger partial charge in [0.25, 0.3) is 0 Å². The zero-order valence-electron chi connectivity index (χ0n) is 31.8. The van der Waals surface area contributed by atoms with Crippen LogP contribution in [-0.4, -0.2) is 23.5 Å². The highest BCUT2D eigenvalue weighted by Crippen LogP contribution is 2.40. The molecular weight excluding hydrogens is 719 g/mol. The lowest BCUT2D eigenvalue weighted by atomic mass is 9.99. The molecule has 5 aromatic heterocycles. The summed E-state index contributed by atoms with van der Waals surface area (Å²) >= 11 is 0. The van der Waals surface area contributed by atoms with Crippen molar-refractivity contribution in [2.75, 3.05) is 0 Å². The number of rotatable bonds is 4. The second-order valence-corrected chi connectivity index (χ2v) is 15.4. The summed E-state index contributed by atoms with van der Waals surface area (Å²) in [5, 5.41) is 8.21. The molecule has 0 aliphatic rings. The van der Waals surface area contributed by atoms with E-state index in [1.807, 2.05) is 0 Å². The fourth-order valence-electron chi connectivity index (χ4n) is 9.60. The van der Waals surface area contributed by atoms with Crippen LogP contribution >= 0.6 is 0 Å². The lowest BCUT2D eigenvalue weighted by Gasteiger charge is -2.15. The van der Waals surface area contributed by atoms with Crippen molar-refractivity contribution in [3.8, 4) is 33.8 Å². The third kappa shape index (κ3) is 4.61. The predicted molar refractivity (Wildman–Crippen MR) is 245 cm³/mol. The van der Waals surface area contributed by atoms with Crippen molar-refractivity contribution < 1.29 is 0 Å². The van der Waals surface area contributed by atoms with Gasteiger partial charge in [-0.05, 0) is 82.2 Å². The van der Waals surface area contributed by atoms with Gasteiger partial charge in [0.15, 0.2) is 5.65 Å². The predicted octanol–water partition coefficient (Wildman–Crippen LogP) is 13.7. The third-order valence-corrected chi connectivity index (χ3v) is 12.2. The minimum Gasteiger partial charge on any atom is -0.309 e. The Kier molecular flexibility index (Phi) is 6.66. The van der Waals surface area contributed by atoms with Gasteiger partial charge in [0, 0.05) is 38.0 Å². The van der Waals surface area contributed by atoms with Crippen LogP contribution < -0.4 is 0 Å². The first-order chi connectivity index (χ1) is 29.3. The van der Waals surface area contributed by atoms with Crippen molar-refractivity contribution in [2.45, 2.75) is 0 Å². The van der Waals surface area contributed by atoms with E-state index in [0.29, 0.717) is 0 Å². The van der Waals surface area contributed by atoms with Crippen LogP contribution in [0, 0.1) is 0 Å². The van der Waals surface area contributed by atoms with E-state index < -0.39 is 0 Å². The zero-order chi connectivity index (χ0) is 38.6. The van der Waals surface area contributed by atoms with Gasteiger partial charge in [-0.3, -0.25) is 8.97 Å². The van der Waals surface area contributed by atoms with E-state index in [-0.39, 0.29) is 0 Å². The van der Waals surface area contributed by atoms with Gasteiger partial charge in [-0.2, -0.15) is 0 Å². The molecule has 59 heavy (non-hydrogen) atoms. The molecule has 0 bridgehead atoms. The molecule has 0 aliphatic carbocycles. The summed E-state index contributed by atoms with van der Waals surface area (Å²) in [5.41, 5.74) is 14.2. The van der Waals surface area contributed by atoms with Crippen LogP contribution in [0.25, 0.3) is 116 Å². The van der Waals surface area contributed by atoms with E-state index in [1.165, 1.54) is 38.1 Å². The van der Waals surface area contributed by atoms with E-state index in [9.17, 15) is 0 Å². The molecule has 0 unspecified atom stereocenters. The first kappa shape index (κ1) is 32.1. The van der Waals surface area contributed by atoms with Gasteiger partial charge in [0.1, 0.15) is 17.0 Å². The number of hydrogen-bond acceptors (Lipinski definition) is 2. The normalized spacial score (nSPS) is 12.1. The van der Waals surface area contributed by atoms with Gasteiger partial charge in [-0.25, -0.2) is 9.97 Å². The Hall–Kier alpha value is -8.02. The highest BCUT2D eigenvalue weighted by Gasteiger charge is 2.23. The molecule has 13 aromatic rings. The fourth-order valence-corrected chi connectivity index (χ4v) is 9.60. The van der Waals surface area contributed by atoms with Crippen molar-refractivity contribution in [3.63, 3.8) is 0 Å². The molecule has 5 nitrogen and oxygen atoms in total. The lowest BCUT2D eigenvalue weighted by Crippen LogP contribution is -2.02. The monoisotopic (exact) mass is 751 g/mol. The van der Waals surface area contributed by atoms with Crippen molar-refractivity contribution in [1.82, 2.24) is 23.5 Å². The summed E-state index contributed by atoms with van der Waals surface area (Å²) in [4.78, 5) is 10.8. The maximum atomic E-state index is 5.48. The number of hydrogen-bond donors (Lipinski definition) is 0. The SMILES string of the molecule is c1ccc(-c2cc(-n3c4ccccc4c4nc5c6ccccc6c6cc(-c7ccc(-n8c9ccccc9c9ccccc98)cc7)ccc6n5c43)nc3ccccc23)cc1. The molecule has 13 rings (SSSR count). The second-order valence-electron chi connectivity index (χ2n) is 15.4. The zero-order valence-corrected chi connectivity index (χ0v) is 31.8. The Labute approximate surface area is 338 Å². The molecule has 5 heterocycles. The summed E-state index contributed by atoms with van der Waals surface area (Å²) in [5.74, 6) is 0.858. The van der Waals surface area contributed by atoms with Crippen LogP contribution in [0.2, 0.25) is 0 Å². The quantitative estimate of drug-likeness (QED) is 0.168. The standard InChI is InChI=1S/C54H33N5/c1-2-14-35(15-3-1)44-33-51(55-46-22-10-6-17-39(44)46)58-49-25-13-9-21-43(49)52-54(58)59-50-31-28-36(32-45(50)38-16-4-5-20-42(38)53(59)56-52)34-26-29-37(30-27-34)57-47-23-11-7-18-40(47)41-19-8-12-24-48(41)57/h1-33H. The van der Waals surface area contributed by atoms with Crippen LogP contribution in [-0.2, 0) is 0 Å². The topological polar surface area (TPSA) is 40.0 Å². The molecule has 274 valence electrons. The smallest absolute Gasteiger partial charge is 0.152 e. The molecule has 0 N–H and O–H groups in total. The minimum absolute atomic E-state index is 0.858. The van der Waals surface area contributed by atoms with Crippen LogP contribution in [0.1, 0.15) is 0 Å². The maximum absolute atomic E-state index is 5.48. The van der Waals surface area contributed by atoms with E-state index in [0.717, 1.165) is 77.7 Å². The van der Waals surface area contributed by atoms with Crippen molar-refractivity contribution >= 4 is 82.1 Å². The number of pyridine rings is 2. The van der Waals surface area contributed by atoms with Crippen molar-refractivity contribution in [2.24, 2.45) is 0 Å². The number of imidazole rings is 1. The van der Waals surface area contributed by atoms with Gasteiger partial charge in [0.05, 0.1) is 27.6 Å². The van der Waals surface area contributed by atoms with Crippen LogP contribution in [0.3, 0.4) is 0 Å². The van der Waals surface area contributed by atoms with Crippen molar-refractivity contribution in [1.29, 1.82) is 0 Å². The van der Waals surface area contributed by atoms with E-state index >= 15 is 0 Å². The molecule has 0 aliphatic heterocycles. The van der Waals surface area contributed by atoms with Gasteiger partial charge in [0.2, 0.25) is 0 Å². The molecular formula is C54H33N5. The molecule has 0 fully saturated rings. The summed E-state index contributed by atoms with van der Waals surface area (Å²) in [6.07, 6.45) is 0. The lowest BCUT2D eigenvalue weighted by molar-refractivity contribution is 1.07. The Balaban J connectivity index is 1.05. The van der Waals surface area contributed by atoms with E-state index in [2.05, 4.69) is 214 Å². The highest BCUT2D eigenvalue weighted by atomic mass is 15.2. The number of benzene rings is 8. The summed E-state index contributed by atoms with van der Waals surface area (Å²) in [6, 6.07) is 71.8. The van der Waals surface area contributed by atoms with Gasteiger partial charge in [-0.15, -0.1) is 0 Å². The van der Waals surface area contributed by atoms with Crippen LogP contribution in [0.15, 0.2) is 200 Å². The number of para-hydroxylation sites is 4. The minimum atomic E-state index is 0.858. The number of fused-ring (bicyclic) bond motifs is 14. The molecule has 0 saturated heterocycles. The average molecular weight is 752 g/mol. The average Bonchev–Trinajstić information content (AvgIpc) is 3.97. The van der Waals surface area contributed by atoms with Crippen LogP contribution in [0.4, 0.5) is 0 Å². The Morgan fingerprint density at radius 1 is 0.339 bits per heavy atom. The summed E-state index contributed by atoms with van der Waals surface area (Å²) < 4.78 is 7.05. The Morgan fingerprint density at radius 3 is 1.64 bits per heavy atom. The van der Waals surface area contributed by atoms with E-state index in [1.54, 1.807) is 0 Å². The highest BCUT2D eigenvalue weighted by molar-refractivity contribution is 6.17. The largest absolute Gasteiger partial charge is 0.309 e. The molecule has 0 amide bonds. The maximum Gasteiger partial charge on any atom is 0.152 e. The first-order valence-corrected chi connectivity index (χ1v) is 20.1. The van der Waals surface area contributed by atoms with Gasteiger partial charge in [-0.1, -0.05) is 146 Å². The first-order valence-electron chi connectivity index (χ1n) is 20.1. The summed E-state index contributed by atoms with van der Waals surface area (Å²) in [6.45, 7) is 0. The Morgan fingerprint density at radius 2 is 0.915 bits per heavy atom. The summed E-state index contributed by atoms with van der Waals surface area (Å²) in [7, 11) is 0. The molecule has 0 atom stereocenters. The number of aromatic nitrogens is 5. The van der Waals surface area contributed by atoms with Gasteiger partial charge >= 0.3 is 0 Å². The van der Waals surface area contributed by atoms with Crippen molar-refractivity contribution in [3.05, 3.63) is 200 Å². The Bertz CT molecular complexity index is 3780. The van der Waals surface area contributed by atoms with Crippen LogP contribution in [0.5, 0.6) is 0 Å². The second kappa shape index (κ2) is 12.2. The third-order valence-electron chi connectivity index (χ3n) is 12.2. The number of nitrogens with zero attached hydrogens (tertiary/aromatic N) is 5. The van der Waals surface area contributed by atoms with Gasteiger partial charge < -0.3 is 4.57 Å². The molecule has 5 heteroatoms. The molecule has 0 radical (unpaired) electrons. The molecule has 0 saturated carbocycles. The molecule has 8 aromatic carbocycles. The van der Waals surface area contributed by atoms with E-state index in [4.69, 9.17) is 9.97 Å².